The van der Waals surface area contributed by atoms with Gasteiger partial charge < -0.3 is 9.73 Å². The van der Waals surface area contributed by atoms with Crippen molar-refractivity contribution in [3.63, 3.8) is 0 Å². The van der Waals surface area contributed by atoms with Crippen molar-refractivity contribution in [3.8, 4) is 11.5 Å². The number of nitrogens with zero attached hydrogens (tertiary/aromatic N) is 1. The molecule has 0 atom stereocenters. The molecule has 3 aromatic carbocycles. The predicted molar refractivity (Wildman–Crippen MR) is 122 cm³/mol. The van der Waals surface area contributed by atoms with E-state index in [1.54, 1.807) is 18.2 Å². The highest BCUT2D eigenvalue weighted by atomic mass is 79.9. The number of aromatic nitrogens is 1. The summed E-state index contributed by atoms with van der Waals surface area (Å²) in [6.45, 7) is 2.03. The first-order valence-corrected chi connectivity index (χ1v) is 10.0. The second kappa shape index (κ2) is 8.14. The van der Waals surface area contributed by atoms with E-state index in [1.165, 1.54) is 5.56 Å². The van der Waals surface area contributed by atoms with Crippen LogP contribution in [0.25, 0.3) is 22.6 Å². The van der Waals surface area contributed by atoms with Gasteiger partial charge in [-0.1, -0.05) is 29.8 Å². The van der Waals surface area contributed by atoms with E-state index in [-0.39, 0.29) is 11.0 Å². The highest BCUT2D eigenvalue weighted by Gasteiger charge is 2.12. The average Bonchev–Trinajstić information content (AvgIpc) is 3.12. The highest BCUT2D eigenvalue weighted by molar-refractivity contribution is 9.10. The van der Waals surface area contributed by atoms with Crippen molar-refractivity contribution in [3.05, 3.63) is 82.3 Å². The van der Waals surface area contributed by atoms with E-state index in [2.05, 4.69) is 31.5 Å². The monoisotopic (exact) mass is 465 g/mol. The minimum Gasteiger partial charge on any atom is -0.436 e. The quantitative estimate of drug-likeness (QED) is 0.380. The molecule has 5 nitrogen and oxygen atoms in total. The van der Waals surface area contributed by atoms with E-state index < -0.39 is 0 Å². The zero-order valence-corrected chi connectivity index (χ0v) is 17.8. The molecule has 0 saturated carbocycles. The summed E-state index contributed by atoms with van der Waals surface area (Å²) in [5.41, 5.74) is 4.68. The molecule has 0 fully saturated rings. The van der Waals surface area contributed by atoms with Gasteiger partial charge in [0, 0.05) is 15.7 Å². The minimum atomic E-state index is -0.292. The van der Waals surface area contributed by atoms with E-state index in [0.29, 0.717) is 32.7 Å². The normalized spacial score (nSPS) is 10.7. The molecule has 0 saturated heterocycles. The summed E-state index contributed by atoms with van der Waals surface area (Å²) in [6, 6.07) is 20.6. The smallest absolute Gasteiger partial charge is 0.258 e. The number of oxazole rings is 1. The van der Waals surface area contributed by atoms with Crippen molar-refractivity contribution in [2.75, 3.05) is 5.32 Å². The van der Waals surface area contributed by atoms with Crippen LogP contribution in [0, 0.1) is 6.92 Å². The zero-order chi connectivity index (χ0) is 20.4. The van der Waals surface area contributed by atoms with Gasteiger partial charge in [0.2, 0.25) is 5.89 Å². The van der Waals surface area contributed by atoms with Crippen LogP contribution in [0.2, 0.25) is 0 Å². The van der Waals surface area contributed by atoms with Gasteiger partial charge in [0.1, 0.15) is 5.52 Å². The lowest BCUT2D eigenvalue weighted by atomic mass is 10.1. The number of thiocarbonyl (C=S) groups is 1. The van der Waals surface area contributed by atoms with Crippen LogP contribution in [-0.2, 0) is 0 Å². The van der Waals surface area contributed by atoms with Crippen LogP contribution in [0.1, 0.15) is 15.9 Å². The first-order valence-electron chi connectivity index (χ1n) is 8.84. The molecular weight excluding hydrogens is 450 g/mol. The number of halogens is 1. The second-order valence-corrected chi connectivity index (χ2v) is 7.72. The number of nitrogens with one attached hydrogen (secondary N) is 2. The molecule has 2 N–H and O–H groups in total. The van der Waals surface area contributed by atoms with Crippen molar-refractivity contribution >= 4 is 56.0 Å². The lowest BCUT2D eigenvalue weighted by molar-refractivity contribution is 0.0977. The summed E-state index contributed by atoms with van der Waals surface area (Å²) in [6.07, 6.45) is 0. The molecule has 1 amide bonds. The number of hydrogen-bond donors (Lipinski definition) is 2. The number of rotatable bonds is 3. The Morgan fingerprint density at radius 1 is 1.07 bits per heavy atom. The number of aryl methyl sites for hydroxylation is 1. The molecule has 0 spiro atoms. The Labute approximate surface area is 181 Å². The van der Waals surface area contributed by atoms with Gasteiger partial charge in [-0.15, -0.1) is 0 Å². The van der Waals surface area contributed by atoms with Crippen molar-refractivity contribution in [2.24, 2.45) is 0 Å². The number of fused-ring (bicyclic) bond motifs is 1. The number of anilines is 1. The van der Waals surface area contributed by atoms with Crippen molar-refractivity contribution in [2.45, 2.75) is 6.92 Å². The van der Waals surface area contributed by atoms with E-state index >= 15 is 0 Å². The minimum absolute atomic E-state index is 0.201. The molecule has 0 unspecified atom stereocenters. The molecular formula is C22H16BrN3O2S. The Balaban J connectivity index is 1.49. The van der Waals surface area contributed by atoms with E-state index in [0.717, 1.165) is 5.56 Å². The third-order valence-corrected chi connectivity index (χ3v) is 5.19. The van der Waals surface area contributed by atoms with Crippen molar-refractivity contribution in [1.29, 1.82) is 0 Å². The van der Waals surface area contributed by atoms with E-state index in [9.17, 15) is 4.79 Å². The Morgan fingerprint density at radius 2 is 1.83 bits per heavy atom. The molecule has 0 aliphatic carbocycles. The van der Waals surface area contributed by atoms with Gasteiger partial charge in [-0.25, -0.2) is 4.98 Å². The third-order valence-electron chi connectivity index (χ3n) is 4.29. The summed E-state index contributed by atoms with van der Waals surface area (Å²) in [5, 5.41) is 5.89. The molecule has 29 heavy (non-hydrogen) atoms. The van der Waals surface area contributed by atoms with Gasteiger partial charge in [-0.2, -0.15) is 0 Å². The van der Waals surface area contributed by atoms with E-state index in [1.807, 2.05) is 55.5 Å². The summed E-state index contributed by atoms with van der Waals surface area (Å²) < 4.78 is 6.54. The van der Waals surface area contributed by atoms with E-state index in [4.69, 9.17) is 16.6 Å². The summed E-state index contributed by atoms with van der Waals surface area (Å²) in [7, 11) is 0. The largest absolute Gasteiger partial charge is 0.436 e. The van der Waals surface area contributed by atoms with Crippen LogP contribution in [0.4, 0.5) is 5.69 Å². The Hall–Kier alpha value is -3.03. The zero-order valence-electron chi connectivity index (χ0n) is 15.4. The fourth-order valence-electron chi connectivity index (χ4n) is 2.80. The molecule has 0 aliphatic heterocycles. The second-order valence-electron chi connectivity index (χ2n) is 6.46. The Bertz CT molecular complexity index is 1220. The topological polar surface area (TPSA) is 67.2 Å². The molecule has 144 valence electrons. The van der Waals surface area contributed by atoms with Gasteiger partial charge in [0.15, 0.2) is 10.7 Å². The lowest BCUT2D eigenvalue weighted by Crippen LogP contribution is -2.34. The summed E-state index contributed by atoms with van der Waals surface area (Å²) in [5.74, 6) is 0.265. The predicted octanol–water partition coefficient (Wildman–Crippen LogP) is 5.69. The number of carbonyl (C=O) groups is 1. The molecule has 7 heteroatoms. The third kappa shape index (κ3) is 4.36. The molecule has 0 radical (unpaired) electrons. The van der Waals surface area contributed by atoms with Crippen molar-refractivity contribution < 1.29 is 9.21 Å². The number of amides is 1. The van der Waals surface area contributed by atoms with Crippen LogP contribution < -0.4 is 10.6 Å². The average molecular weight is 466 g/mol. The number of benzene rings is 3. The fraction of sp³-hybridized carbons (Fsp3) is 0.0455. The first-order chi connectivity index (χ1) is 14.0. The fourth-order valence-corrected chi connectivity index (χ4v) is 3.48. The van der Waals surface area contributed by atoms with Crippen LogP contribution >= 0.6 is 28.1 Å². The summed E-state index contributed by atoms with van der Waals surface area (Å²) in [4.78, 5) is 16.9. The molecule has 0 bridgehead atoms. The SMILES string of the molecule is Cc1ccc(-c2nc3cc(NC(=S)NC(=O)c4ccccc4Br)ccc3o2)cc1. The molecule has 4 aromatic rings. The first kappa shape index (κ1) is 19.3. The standard InChI is InChI=1S/C22H16BrN3O2S/c1-13-6-8-14(9-7-13)21-25-18-12-15(10-11-19(18)28-21)24-22(29)26-20(27)16-4-2-3-5-17(16)23/h2-12H,1H3,(H2,24,26,27,29). The van der Waals surface area contributed by atoms with Crippen LogP contribution in [0.15, 0.2) is 75.6 Å². The van der Waals surface area contributed by atoms with Gasteiger partial charge in [0.25, 0.3) is 5.91 Å². The maximum Gasteiger partial charge on any atom is 0.258 e. The Morgan fingerprint density at radius 3 is 2.59 bits per heavy atom. The highest BCUT2D eigenvalue weighted by Crippen LogP contribution is 2.26. The lowest BCUT2D eigenvalue weighted by Gasteiger charge is -2.10. The van der Waals surface area contributed by atoms with Crippen LogP contribution in [0.3, 0.4) is 0 Å². The van der Waals surface area contributed by atoms with Gasteiger partial charge in [-0.3, -0.25) is 10.1 Å². The molecule has 1 heterocycles. The number of carbonyl (C=O) groups excluding carboxylic acids is 1. The number of hydrogen-bond acceptors (Lipinski definition) is 4. The van der Waals surface area contributed by atoms with Crippen molar-refractivity contribution in [1.82, 2.24) is 10.3 Å². The van der Waals surface area contributed by atoms with Crippen LogP contribution in [0.5, 0.6) is 0 Å². The molecule has 0 aliphatic rings. The van der Waals surface area contributed by atoms with Crippen LogP contribution in [-0.4, -0.2) is 16.0 Å². The summed E-state index contributed by atoms with van der Waals surface area (Å²) >= 11 is 8.63. The Kier molecular flexibility index (Phi) is 5.42. The molecule has 4 rings (SSSR count). The maximum atomic E-state index is 12.4. The van der Waals surface area contributed by atoms with Gasteiger partial charge in [0.05, 0.1) is 5.56 Å². The van der Waals surface area contributed by atoms with Gasteiger partial charge >= 0.3 is 0 Å². The van der Waals surface area contributed by atoms with Gasteiger partial charge in [-0.05, 0) is 77.5 Å². The molecule has 1 aromatic heterocycles. The maximum absolute atomic E-state index is 12.4.